The second kappa shape index (κ2) is 7.21. The molecule has 1 amide bonds. The Bertz CT molecular complexity index is 1110. The number of guanidine groups is 1. The molecule has 1 unspecified atom stereocenters. The van der Waals surface area contributed by atoms with Crippen molar-refractivity contribution in [2.24, 2.45) is 16.1 Å². The Morgan fingerprint density at radius 2 is 1.87 bits per heavy atom. The van der Waals surface area contributed by atoms with Crippen molar-refractivity contribution in [3.63, 3.8) is 0 Å². The Hall–Kier alpha value is -3.17. The highest BCUT2D eigenvalue weighted by Crippen LogP contribution is 2.60. The van der Waals surface area contributed by atoms with Crippen molar-refractivity contribution in [3.8, 4) is 6.07 Å². The zero-order chi connectivity index (χ0) is 21.6. The lowest BCUT2D eigenvalue weighted by Crippen LogP contribution is -2.51. The second-order valence-electron chi connectivity index (χ2n) is 8.84. The first-order chi connectivity index (χ1) is 15.0. The minimum atomic E-state index is -1.07. The molecule has 158 valence electrons. The zero-order valence-corrected chi connectivity index (χ0v) is 17.7. The summed E-state index contributed by atoms with van der Waals surface area (Å²) in [6, 6.07) is 16.5. The Kier molecular flexibility index (Phi) is 4.60. The average molecular weight is 415 g/mol. The Labute approximate surface area is 182 Å². The van der Waals surface area contributed by atoms with Crippen LogP contribution in [0.1, 0.15) is 40.7 Å². The van der Waals surface area contributed by atoms with E-state index >= 15 is 0 Å². The molecule has 0 fully saturated rings. The number of nitrogens with two attached hydrogens (primary N) is 1. The molecule has 0 saturated heterocycles. The van der Waals surface area contributed by atoms with E-state index in [0.717, 1.165) is 43.2 Å². The highest BCUT2D eigenvalue weighted by atomic mass is 16.5. The summed E-state index contributed by atoms with van der Waals surface area (Å²) < 4.78 is 5.21. The number of nitriles is 1. The van der Waals surface area contributed by atoms with Gasteiger partial charge in [-0.05, 0) is 66.5 Å². The number of carbonyl (C=O) groups excluding carboxylic acids is 1. The third-order valence-electron chi connectivity index (χ3n) is 7.42. The van der Waals surface area contributed by atoms with Gasteiger partial charge in [0.25, 0.3) is 5.91 Å². The number of ether oxygens (including phenoxy) is 1. The number of benzene rings is 2. The normalized spacial score (nSPS) is 23.4. The fourth-order valence-corrected chi connectivity index (χ4v) is 5.87. The van der Waals surface area contributed by atoms with Crippen molar-refractivity contribution >= 4 is 11.9 Å². The number of carbonyl (C=O) groups is 1. The molecule has 2 aromatic rings. The van der Waals surface area contributed by atoms with E-state index in [9.17, 15) is 10.1 Å². The number of rotatable bonds is 3. The molecule has 5 rings (SSSR count). The van der Waals surface area contributed by atoms with E-state index in [1.165, 1.54) is 11.1 Å². The van der Waals surface area contributed by atoms with Crippen molar-refractivity contribution in [1.82, 2.24) is 4.90 Å². The minimum Gasteiger partial charge on any atom is -0.383 e. The predicted molar refractivity (Wildman–Crippen MR) is 117 cm³/mol. The van der Waals surface area contributed by atoms with Crippen LogP contribution in [0.15, 0.2) is 47.5 Å². The summed E-state index contributed by atoms with van der Waals surface area (Å²) in [6.45, 7) is 0.761. The molecule has 0 saturated carbocycles. The topological polar surface area (TPSA) is 91.7 Å². The van der Waals surface area contributed by atoms with Crippen LogP contribution in [0.4, 0.5) is 0 Å². The van der Waals surface area contributed by atoms with E-state index in [1.54, 1.807) is 12.0 Å². The lowest BCUT2D eigenvalue weighted by molar-refractivity contribution is -0.137. The number of fused-ring (bicyclic) bond motifs is 4. The lowest BCUT2D eigenvalue weighted by atomic mass is 9.65. The molecule has 0 radical (unpaired) electrons. The molecule has 1 heterocycles. The summed E-state index contributed by atoms with van der Waals surface area (Å²) in [5.41, 5.74) is 10.1. The first kappa shape index (κ1) is 19.8. The molecule has 31 heavy (non-hydrogen) atoms. The van der Waals surface area contributed by atoms with E-state index in [2.05, 4.69) is 30.3 Å². The summed E-state index contributed by atoms with van der Waals surface area (Å²) in [5, 5.41) is 9.53. The summed E-state index contributed by atoms with van der Waals surface area (Å²) in [5.74, 6) is 0.167. The van der Waals surface area contributed by atoms with Crippen LogP contribution in [0.3, 0.4) is 0 Å². The van der Waals surface area contributed by atoms with Gasteiger partial charge >= 0.3 is 0 Å². The van der Waals surface area contributed by atoms with Crippen molar-refractivity contribution in [3.05, 3.63) is 70.3 Å². The summed E-state index contributed by atoms with van der Waals surface area (Å²) in [4.78, 5) is 20.6. The Balaban J connectivity index is 1.66. The van der Waals surface area contributed by atoms with Gasteiger partial charge in [-0.2, -0.15) is 5.26 Å². The third-order valence-corrected chi connectivity index (χ3v) is 7.42. The van der Waals surface area contributed by atoms with Gasteiger partial charge in [0.2, 0.25) is 0 Å². The quantitative estimate of drug-likeness (QED) is 0.836. The molecular weight excluding hydrogens is 388 g/mol. The van der Waals surface area contributed by atoms with Crippen molar-refractivity contribution in [2.75, 3.05) is 20.3 Å². The number of amides is 1. The van der Waals surface area contributed by atoms with Crippen LogP contribution in [0.5, 0.6) is 0 Å². The largest absolute Gasteiger partial charge is 0.383 e. The summed E-state index contributed by atoms with van der Waals surface area (Å²) >= 11 is 0. The van der Waals surface area contributed by atoms with Gasteiger partial charge < -0.3 is 10.5 Å². The monoisotopic (exact) mass is 414 g/mol. The number of aryl methyl sites for hydroxylation is 2. The van der Waals surface area contributed by atoms with Crippen molar-refractivity contribution < 1.29 is 9.53 Å². The number of aliphatic imine (C=N–C) groups is 1. The molecule has 3 aliphatic rings. The first-order valence-corrected chi connectivity index (χ1v) is 10.8. The van der Waals surface area contributed by atoms with Gasteiger partial charge in [0.15, 0.2) is 11.5 Å². The van der Waals surface area contributed by atoms with Crippen LogP contribution in [0, 0.1) is 16.7 Å². The molecule has 2 aromatic carbocycles. The third kappa shape index (κ3) is 2.73. The number of nitrogens with zero attached hydrogens (tertiary/aromatic N) is 3. The van der Waals surface area contributed by atoms with Crippen LogP contribution in [-0.2, 0) is 34.3 Å². The molecule has 2 N–H and O–H groups in total. The Morgan fingerprint density at radius 1 is 1.16 bits per heavy atom. The maximum absolute atomic E-state index is 14.1. The second-order valence-corrected chi connectivity index (χ2v) is 8.84. The van der Waals surface area contributed by atoms with Gasteiger partial charge in [-0.25, -0.2) is 4.99 Å². The van der Waals surface area contributed by atoms with Crippen LogP contribution < -0.4 is 5.73 Å². The maximum Gasteiger partial charge on any atom is 0.262 e. The van der Waals surface area contributed by atoms with Crippen molar-refractivity contribution in [1.29, 1.82) is 5.26 Å². The molecule has 1 atom stereocenters. The van der Waals surface area contributed by atoms with Gasteiger partial charge in [0.1, 0.15) is 0 Å². The smallest absolute Gasteiger partial charge is 0.262 e. The van der Waals surface area contributed by atoms with Gasteiger partial charge in [-0.15, -0.1) is 0 Å². The molecule has 0 bridgehead atoms. The van der Waals surface area contributed by atoms with Crippen LogP contribution >= 0.6 is 0 Å². The van der Waals surface area contributed by atoms with Gasteiger partial charge in [0, 0.05) is 12.5 Å². The maximum atomic E-state index is 14.1. The summed E-state index contributed by atoms with van der Waals surface area (Å²) in [7, 11) is 1.61. The standard InChI is InChI=1S/C25H26N4O2/c1-31-13-12-29-22(30)25(28-23(29)27)21-14-17(16-26)6-7-20(21)15-24(25)10-8-18-4-2-3-5-19(18)9-11-24/h2-7,14H,8-13,15H2,1H3,(H2,27,28). The van der Waals surface area contributed by atoms with E-state index in [4.69, 9.17) is 15.5 Å². The highest BCUT2D eigenvalue weighted by molar-refractivity contribution is 6.08. The molecular formula is C25H26N4O2. The molecule has 2 aliphatic carbocycles. The fraction of sp³-hybridized carbons (Fsp3) is 0.400. The SMILES string of the molecule is COCCN1C(=O)C2(N=C1N)c1cc(C#N)ccc1CC21CCc2ccccc2CC1. The van der Waals surface area contributed by atoms with E-state index in [-0.39, 0.29) is 17.3 Å². The van der Waals surface area contributed by atoms with E-state index < -0.39 is 5.54 Å². The summed E-state index contributed by atoms with van der Waals surface area (Å²) in [6.07, 6.45) is 4.26. The fourth-order valence-electron chi connectivity index (χ4n) is 5.87. The van der Waals surface area contributed by atoms with Gasteiger partial charge in [-0.1, -0.05) is 30.3 Å². The first-order valence-electron chi connectivity index (χ1n) is 10.8. The molecule has 2 spiro atoms. The molecule has 0 aromatic heterocycles. The lowest BCUT2D eigenvalue weighted by Gasteiger charge is -2.40. The Morgan fingerprint density at radius 3 is 2.52 bits per heavy atom. The van der Waals surface area contributed by atoms with E-state index in [0.29, 0.717) is 18.7 Å². The van der Waals surface area contributed by atoms with Crippen LogP contribution in [0.25, 0.3) is 0 Å². The van der Waals surface area contributed by atoms with Crippen molar-refractivity contribution in [2.45, 2.75) is 37.6 Å². The average Bonchev–Trinajstić information content (AvgIpc) is 3.10. The van der Waals surface area contributed by atoms with Gasteiger partial charge in [0.05, 0.1) is 24.8 Å². The molecule has 1 aliphatic heterocycles. The number of hydrogen-bond acceptors (Lipinski definition) is 5. The zero-order valence-electron chi connectivity index (χ0n) is 17.7. The number of hydrogen-bond donors (Lipinski definition) is 1. The molecule has 6 heteroatoms. The van der Waals surface area contributed by atoms with Gasteiger partial charge in [-0.3, -0.25) is 9.69 Å². The van der Waals surface area contributed by atoms with E-state index in [1.807, 2.05) is 18.2 Å². The van der Waals surface area contributed by atoms with Crippen LogP contribution in [-0.4, -0.2) is 37.0 Å². The highest BCUT2D eigenvalue weighted by Gasteiger charge is 2.66. The number of methoxy groups -OCH3 is 1. The predicted octanol–water partition coefficient (Wildman–Crippen LogP) is 2.68. The molecule has 6 nitrogen and oxygen atoms in total. The minimum absolute atomic E-state index is 0.0816. The van der Waals surface area contributed by atoms with Crippen LogP contribution in [0.2, 0.25) is 0 Å².